The first-order valence-corrected chi connectivity index (χ1v) is 12.5. The van der Waals surface area contributed by atoms with Crippen LogP contribution in [0.15, 0.2) is 36.4 Å². The molecule has 0 saturated carbocycles. The average molecular weight is 615 g/mol. The van der Waals surface area contributed by atoms with E-state index >= 15 is 0 Å². The number of benzene rings is 2. The van der Waals surface area contributed by atoms with E-state index < -0.39 is 77.5 Å². The van der Waals surface area contributed by atoms with Gasteiger partial charge in [0.15, 0.2) is 0 Å². The minimum absolute atomic E-state index is 0.127. The smallest absolute Gasteiger partial charge is 0.416 e. The van der Waals surface area contributed by atoms with Gasteiger partial charge in [-0.2, -0.15) is 39.5 Å². The van der Waals surface area contributed by atoms with Gasteiger partial charge >= 0.3 is 24.6 Å². The van der Waals surface area contributed by atoms with E-state index in [2.05, 4.69) is 0 Å². The number of amides is 2. The third-order valence-electron chi connectivity index (χ3n) is 6.59. The highest BCUT2D eigenvalue weighted by molar-refractivity contribution is 5.91. The zero-order valence-corrected chi connectivity index (χ0v) is 22.7. The number of carbonyl (C=O) groups excluding carboxylic acids is 2. The van der Waals surface area contributed by atoms with Crippen LogP contribution in [0.1, 0.15) is 61.1 Å². The molecule has 0 spiro atoms. The van der Waals surface area contributed by atoms with Gasteiger partial charge < -0.3 is 14.4 Å². The molecule has 2 amide bonds. The Hall–Kier alpha value is -3.49. The number of fused-ring (bicyclic) bond motifs is 1. The van der Waals surface area contributed by atoms with Crippen molar-refractivity contribution in [3.8, 4) is 0 Å². The highest BCUT2D eigenvalue weighted by atomic mass is 19.4. The third-order valence-corrected chi connectivity index (χ3v) is 6.59. The summed E-state index contributed by atoms with van der Waals surface area (Å²) in [5.74, 6) is -0.928. The number of carbonyl (C=O) groups is 2. The zero-order chi connectivity index (χ0) is 31.8. The number of nitrogens with zero attached hydrogens (tertiary/aromatic N) is 2. The van der Waals surface area contributed by atoms with Crippen LogP contribution in [0.5, 0.6) is 0 Å². The van der Waals surface area contributed by atoms with E-state index in [9.17, 15) is 49.1 Å². The second-order valence-electron chi connectivity index (χ2n) is 9.95. The van der Waals surface area contributed by atoms with E-state index in [0.717, 1.165) is 22.8 Å². The molecule has 3 rings (SSSR count). The SMILES string of the molecule is COC[C@@H]1C[C@H](N(Cc2cc(C(F)(F)F)ccc2C(F)(F)F)C(C)=O)c2cc(C(F)(F)F)ccc2N1C(=O)OC(C)C. The molecule has 232 valence electrons. The van der Waals surface area contributed by atoms with Crippen molar-refractivity contribution in [2.45, 2.75) is 70.5 Å². The van der Waals surface area contributed by atoms with Crippen molar-refractivity contribution < 1.29 is 58.6 Å². The van der Waals surface area contributed by atoms with Crippen LogP contribution in [0.4, 0.5) is 50.0 Å². The van der Waals surface area contributed by atoms with E-state index in [1.165, 1.54) is 21.0 Å². The molecule has 0 aromatic heterocycles. The molecule has 0 fully saturated rings. The summed E-state index contributed by atoms with van der Waals surface area (Å²) in [7, 11) is 1.27. The van der Waals surface area contributed by atoms with Gasteiger partial charge in [0.2, 0.25) is 5.91 Å². The second-order valence-corrected chi connectivity index (χ2v) is 9.95. The molecular formula is C27H27F9N2O4. The molecule has 0 saturated heterocycles. The molecule has 1 aliphatic heterocycles. The van der Waals surface area contributed by atoms with Gasteiger partial charge in [0.05, 0.1) is 47.2 Å². The van der Waals surface area contributed by atoms with Crippen LogP contribution in [0.3, 0.4) is 0 Å². The predicted octanol–water partition coefficient (Wildman–Crippen LogP) is 7.60. The molecule has 1 aliphatic rings. The molecule has 42 heavy (non-hydrogen) atoms. The van der Waals surface area contributed by atoms with Crippen LogP contribution >= 0.6 is 0 Å². The maximum absolute atomic E-state index is 13.8. The largest absolute Gasteiger partial charge is 0.446 e. The van der Waals surface area contributed by atoms with E-state index in [1.807, 2.05) is 0 Å². The number of alkyl halides is 9. The van der Waals surface area contributed by atoms with E-state index in [4.69, 9.17) is 9.47 Å². The summed E-state index contributed by atoms with van der Waals surface area (Å²) in [6, 6.07) is 0.706. The van der Waals surface area contributed by atoms with Crippen molar-refractivity contribution >= 4 is 17.7 Å². The fraction of sp³-hybridized carbons (Fsp3) is 0.481. The summed E-state index contributed by atoms with van der Waals surface area (Å²) in [6.07, 6.45) is -16.9. The molecule has 0 unspecified atom stereocenters. The first-order chi connectivity index (χ1) is 19.3. The van der Waals surface area contributed by atoms with E-state index in [1.54, 1.807) is 0 Å². The van der Waals surface area contributed by atoms with Crippen LogP contribution in [-0.4, -0.2) is 42.8 Å². The monoisotopic (exact) mass is 614 g/mol. The number of halogens is 9. The van der Waals surface area contributed by atoms with Crippen molar-refractivity contribution in [2.75, 3.05) is 18.6 Å². The van der Waals surface area contributed by atoms with Crippen molar-refractivity contribution in [3.63, 3.8) is 0 Å². The van der Waals surface area contributed by atoms with E-state index in [-0.39, 0.29) is 42.5 Å². The predicted molar refractivity (Wildman–Crippen MR) is 131 cm³/mol. The summed E-state index contributed by atoms with van der Waals surface area (Å²) in [4.78, 5) is 27.7. The molecule has 0 bridgehead atoms. The van der Waals surface area contributed by atoms with Gasteiger partial charge in [-0.1, -0.05) is 0 Å². The standard InChI is InChI=1S/C27H27F9N2O4/c1-14(2)42-24(40)38-19(13-41-4)11-23(20-10-18(26(31,32)33)6-8-22(20)38)37(15(3)39)12-16-9-17(25(28,29)30)5-7-21(16)27(34,35)36/h5-10,14,19,23H,11-13H2,1-4H3/t19-,23-/m0/s1. The molecule has 2 atom stereocenters. The number of ether oxygens (including phenoxy) is 2. The Kier molecular flexibility index (Phi) is 9.45. The lowest BCUT2D eigenvalue weighted by Gasteiger charge is -2.44. The van der Waals surface area contributed by atoms with Crippen molar-refractivity contribution in [1.29, 1.82) is 0 Å². The number of hydrogen-bond acceptors (Lipinski definition) is 4. The minimum atomic E-state index is -5.11. The topological polar surface area (TPSA) is 59.1 Å². The van der Waals surface area contributed by atoms with Crippen molar-refractivity contribution in [3.05, 3.63) is 64.2 Å². The van der Waals surface area contributed by atoms with Crippen molar-refractivity contribution in [2.24, 2.45) is 0 Å². The number of rotatable bonds is 6. The third kappa shape index (κ3) is 7.28. The molecule has 0 radical (unpaired) electrons. The maximum atomic E-state index is 13.8. The Balaban J connectivity index is 2.25. The van der Waals surface area contributed by atoms with Crippen LogP contribution in [0.2, 0.25) is 0 Å². The van der Waals surface area contributed by atoms with Gasteiger partial charge in [-0.15, -0.1) is 0 Å². The molecule has 0 aliphatic carbocycles. The van der Waals surface area contributed by atoms with Gasteiger partial charge in [-0.05, 0) is 67.8 Å². The summed E-state index contributed by atoms with van der Waals surface area (Å²) < 4.78 is 133. The molecule has 0 N–H and O–H groups in total. The number of anilines is 1. The fourth-order valence-corrected chi connectivity index (χ4v) is 4.84. The Morgan fingerprint density at radius 1 is 0.929 bits per heavy atom. The van der Waals surface area contributed by atoms with Crippen LogP contribution in [0.25, 0.3) is 0 Å². The van der Waals surface area contributed by atoms with Gasteiger partial charge in [-0.3, -0.25) is 9.69 Å². The summed E-state index contributed by atoms with van der Waals surface area (Å²) in [6.45, 7) is 2.76. The lowest BCUT2D eigenvalue weighted by molar-refractivity contribution is -0.142. The van der Waals surface area contributed by atoms with Gasteiger partial charge in [0, 0.05) is 20.6 Å². The van der Waals surface area contributed by atoms with Crippen LogP contribution < -0.4 is 4.90 Å². The lowest BCUT2D eigenvalue weighted by Crippen LogP contribution is -2.51. The summed E-state index contributed by atoms with van der Waals surface area (Å²) in [5, 5.41) is 0. The van der Waals surface area contributed by atoms with Gasteiger partial charge in [0.25, 0.3) is 0 Å². The molecule has 1 heterocycles. The molecule has 15 heteroatoms. The van der Waals surface area contributed by atoms with Crippen LogP contribution in [0, 0.1) is 0 Å². The van der Waals surface area contributed by atoms with Gasteiger partial charge in [0.1, 0.15) is 0 Å². The number of hydrogen-bond donors (Lipinski definition) is 0. The molecule has 2 aromatic rings. The highest BCUT2D eigenvalue weighted by Gasteiger charge is 2.44. The average Bonchev–Trinajstić information content (AvgIpc) is 2.84. The molecule has 6 nitrogen and oxygen atoms in total. The maximum Gasteiger partial charge on any atom is 0.416 e. The Bertz CT molecular complexity index is 1310. The first kappa shape index (κ1) is 33.0. The fourth-order valence-electron chi connectivity index (χ4n) is 4.84. The molecule has 2 aromatic carbocycles. The van der Waals surface area contributed by atoms with Crippen molar-refractivity contribution in [1.82, 2.24) is 4.90 Å². The normalized spacial score (nSPS) is 17.7. The Morgan fingerprint density at radius 2 is 1.50 bits per heavy atom. The molecular weight excluding hydrogens is 587 g/mol. The lowest BCUT2D eigenvalue weighted by atomic mass is 9.88. The summed E-state index contributed by atoms with van der Waals surface area (Å²) in [5.41, 5.74) is -5.32. The van der Waals surface area contributed by atoms with Crippen LogP contribution in [-0.2, 0) is 39.3 Å². The van der Waals surface area contributed by atoms with Gasteiger partial charge in [-0.25, -0.2) is 4.79 Å². The Labute approximate surface area is 235 Å². The zero-order valence-electron chi connectivity index (χ0n) is 22.7. The summed E-state index contributed by atoms with van der Waals surface area (Å²) >= 11 is 0. The minimum Gasteiger partial charge on any atom is -0.446 e. The second kappa shape index (κ2) is 12.0. The highest BCUT2D eigenvalue weighted by Crippen LogP contribution is 2.45. The Morgan fingerprint density at radius 3 is 2.00 bits per heavy atom. The quantitative estimate of drug-likeness (QED) is 0.315. The van der Waals surface area contributed by atoms with E-state index in [0.29, 0.717) is 12.1 Å². The first-order valence-electron chi connectivity index (χ1n) is 12.5. The number of methoxy groups -OCH3 is 1.